The molecule has 0 bridgehead atoms. The van der Waals surface area contributed by atoms with Crippen LogP contribution in [-0.2, 0) is 6.54 Å². The molecule has 0 aliphatic carbocycles. The Bertz CT molecular complexity index is 606. The van der Waals surface area contributed by atoms with Crippen LogP contribution in [0.3, 0.4) is 0 Å². The fourth-order valence-electron chi connectivity index (χ4n) is 3.37. The highest BCUT2D eigenvalue weighted by molar-refractivity contribution is 5.34. The maximum Gasteiger partial charge on any atom is 0.234 e. The van der Waals surface area contributed by atoms with Crippen molar-refractivity contribution in [2.45, 2.75) is 65.6 Å². The van der Waals surface area contributed by atoms with Gasteiger partial charge in [0.25, 0.3) is 0 Å². The smallest absolute Gasteiger partial charge is 0.234 e. The normalized spacial score (nSPS) is 24.4. The second kappa shape index (κ2) is 5.17. The summed E-state index contributed by atoms with van der Waals surface area (Å²) in [4.78, 5) is 11.8. The number of aryl methyl sites for hydroxylation is 2. The summed E-state index contributed by atoms with van der Waals surface area (Å²) in [6.45, 7) is 9.73. The second-order valence-corrected chi connectivity index (χ2v) is 6.24. The molecule has 0 saturated carbocycles. The first-order chi connectivity index (χ1) is 9.54. The van der Waals surface area contributed by atoms with Crippen molar-refractivity contribution < 1.29 is 0 Å². The van der Waals surface area contributed by atoms with Gasteiger partial charge in [0.15, 0.2) is 0 Å². The van der Waals surface area contributed by atoms with Gasteiger partial charge in [0.2, 0.25) is 5.78 Å². The fourth-order valence-corrected chi connectivity index (χ4v) is 3.37. The van der Waals surface area contributed by atoms with Crippen LogP contribution in [0.4, 0.5) is 0 Å². The lowest BCUT2D eigenvalue weighted by molar-refractivity contribution is 0.0940. The largest absolute Gasteiger partial charge is 0.292 e. The first kappa shape index (κ1) is 13.6. The highest BCUT2D eigenvalue weighted by Gasteiger charge is 2.25. The predicted octanol–water partition coefficient (Wildman–Crippen LogP) is 3.11. The average Bonchev–Trinajstić information content (AvgIpc) is 2.77. The molecule has 2 aromatic rings. The molecule has 0 spiro atoms. The lowest BCUT2D eigenvalue weighted by atomic mass is 9.97. The summed E-state index contributed by atoms with van der Waals surface area (Å²) in [5, 5.41) is 0. The quantitative estimate of drug-likeness (QED) is 0.842. The molecule has 108 valence electrons. The monoisotopic (exact) mass is 272 g/mol. The van der Waals surface area contributed by atoms with Crippen molar-refractivity contribution in [3.05, 3.63) is 29.3 Å². The summed E-state index contributed by atoms with van der Waals surface area (Å²) < 4.78 is 2.10. The Morgan fingerprint density at radius 1 is 1.15 bits per heavy atom. The van der Waals surface area contributed by atoms with E-state index in [1.54, 1.807) is 0 Å². The van der Waals surface area contributed by atoms with E-state index in [0.29, 0.717) is 12.1 Å². The number of aromatic nitrogens is 3. The molecule has 3 heterocycles. The van der Waals surface area contributed by atoms with Gasteiger partial charge in [-0.1, -0.05) is 6.42 Å². The van der Waals surface area contributed by atoms with Gasteiger partial charge in [-0.2, -0.15) is 0 Å². The third-order valence-electron chi connectivity index (χ3n) is 4.53. The van der Waals surface area contributed by atoms with Crippen molar-refractivity contribution in [1.82, 2.24) is 19.3 Å². The summed E-state index contributed by atoms with van der Waals surface area (Å²) in [6, 6.07) is 3.41. The third kappa shape index (κ3) is 2.44. The Balaban J connectivity index is 1.89. The maximum atomic E-state index is 4.71. The van der Waals surface area contributed by atoms with Crippen LogP contribution in [0.25, 0.3) is 5.78 Å². The van der Waals surface area contributed by atoms with Gasteiger partial charge < -0.3 is 0 Å². The van der Waals surface area contributed by atoms with E-state index in [-0.39, 0.29) is 0 Å². The topological polar surface area (TPSA) is 33.4 Å². The van der Waals surface area contributed by atoms with Crippen LogP contribution in [0.2, 0.25) is 0 Å². The van der Waals surface area contributed by atoms with Crippen LogP contribution in [0.1, 0.15) is 50.2 Å². The van der Waals surface area contributed by atoms with Crippen molar-refractivity contribution in [1.29, 1.82) is 0 Å². The van der Waals surface area contributed by atoms with E-state index in [9.17, 15) is 0 Å². The highest BCUT2D eigenvalue weighted by atomic mass is 15.2. The van der Waals surface area contributed by atoms with Crippen molar-refractivity contribution in [2.24, 2.45) is 0 Å². The molecule has 2 unspecified atom stereocenters. The van der Waals surface area contributed by atoms with Gasteiger partial charge in [0.1, 0.15) is 0 Å². The van der Waals surface area contributed by atoms with Crippen LogP contribution < -0.4 is 0 Å². The van der Waals surface area contributed by atoms with Gasteiger partial charge in [0, 0.05) is 36.2 Å². The van der Waals surface area contributed by atoms with Crippen molar-refractivity contribution in [3.8, 4) is 0 Å². The first-order valence-electron chi connectivity index (χ1n) is 7.62. The van der Waals surface area contributed by atoms with Crippen molar-refractivity contribution in [3.63, 3.8) is 0 Å². The van der Waals surface area contributed by atoms with Gasteiger partial charge in [-0.15, -0.1) is 0 Å². The zero-order valence-corrected chi connectivity index (χ0v) is 12.9. The van der Waals surface area contributed by atoms with E-state index in [0.717, 1.165) is 23.7 Å². The summed E-state index contributed by atoms with van der Waals surface area (Å²) in [7, 11) is 0. The Hall–Kier alpha value is -1.42. The summed E-state index contributed by atoms with van der Waals surface area (Å²) >= 11 is 0. The van der Waals surface area contributed by atoms with Crippen LogP contribution in [0.15, 0.2) is 12.3 Å². The van der Waals surface area contributed by atoms with Crippen molar-refractivity contribution >= 4 is 5.78 Å². The molecule has 3 rings (SSSR count). The van der Waals surface area contributed by atoms with Gasteiger partial charge in [-0.25, -0.2) is 9.97 Å². The van der Waals surface area contributed by atoms with Crippen LogP contribution in [0.5, 0.6) is 0 Å². The Kier molecular flexibility index (Phi) is 3.50. The Morgan fingerprint density at radius 2 is 1.85 bits per heavy atom. The molecule has 0 radical (unpaired) electrons. The molecule has 0 aromatic carbocycles. The molecule has 20 heavy (non-hydrogen) atoms. The molecule has 1 saturated heterocycles. The standard InChI is InChI=1S/C16H24N4/c1-11-8-14(4)20-10-15(18-16(20)17-11)9-19-12(2)6-5-7-13(19)3/h8,10,12-13H,5-7,9H2,1-4H3. The van der Waals surface area contributed by atoms with Crippen LogP contribution >= 0.6 is 0 Å². The number of hydrogen-bond acceptors (Lipinski definition) is 3. The minimum Gasteiger partial charge on any atom is -0.292 e. The SMILES string of the molecule is Cc1cc(C)n2cc(CN3C(C)CCCC3C)nc2n1. The molecule has 0 amide bonds. The second-order valence-electron chi connectivity index (χ2n) is 6.24. The number of hydrogen-bond donors (Lipinski definition) is 0. The fraction of sp³-hybridized carbons (Fsp3) is 0.625. The zero-order chi connectivity index (χ0) is 14.3. The number of imidazole rings is 1. The predicted molar refractivity (Wildman–Crippen MR) is 80.8 cm³/mol. The maximum absolute atomic E-state index is 4.71. The van der Waals surface area contributed by atoms with Gasteiger partial charge in [0.05, 0.1) is 5.69 Å². The van der Waals surface area contributed by atoms with E-state index in [4.69, 9.17) is 4.98 Å². The first-order valence-corrected chi connectivity index (χ1v) is 7.62. The zero-order valence-electron chi connectivity index (χ0n) is 12.9. The number of rotatable bonds is 2. The molecular weight excluding hydrogens is 248 g/mol. The number of likely N-dealkylation sites (tertiary alicyclic amines) is 1. The van der Waals surface area contributed by atoms with E-state index in [1.165, 1.54) is 25.0 Å². The molecule has 0 N–H and O–H groups in total. The molecule has 1 aliphatic heterocycles. The molecule has 1 fully saturated rings. The third-order valence-corrected chi connectivity index (χ3v) is 4.53. The van der Waals surface area contributed by atoms with E-state index in [1.807, 2.05) is 6.92 Å². The van der Waals surface area contributed by atoms with E-state index < -0.39 is 0 Å². The van der Waals surface area contributed by atoms with E-state index >= 15 is 0 Å². The molecule has 2 aromatic heterocycles. The molecule has 4 heteroatoms. The summed E-state index contributed by atoms with van der Waals surface area (Å²) in [5.74, 6) is 0.829. The molecule has 1 aliphatic rings. The van der Waals surface area contributed by atoms with Gasteiger partial charge >= 0.3 is 0 Å². The van der Waals surface area contributed by atoms with Gasteiger partial charge in [-0.3, -0.25) is 9.30 Å². The lowest BCUT2D eigenvalue weighted by Gasteiger charge is -2.38. The number of piperidine rings is 1. The minimum absolute atomic E-state index is 0.652. The molecule has 4 nitrogen and oxygen atoms in total. The van der Waals surface area contributed by atoms with Gasteiger partial charge in [-0.05, 0) is 46.6 Å². The molecular formula is C16H24N4. The summed E-state index contributed by atoms with van der Waals surface area (Å²) in [6.07, 6.45) is 6.09. The Labute approximate surface area is 120 Å². The van der Waals surface area contributed by atoms with E-state index in [2.05, 4.69) is 47.3 Å². The van der Waals surface area contributed by atoms with Crippen LogP contribution in [0, 0.1) is 13.8 Å². The minimum atomic E-state index is 0.652. The van der Waals surface area contributed by atoms with Crippen molar-refractivity contribution in [2.75, 3.05) is 0 Å². The van der Waals surface area contributed by atoms with Crippen LogP contribution in [-0.4, -0.2) is 31.4 Å². The lowest BCUT2D eigenvalue weighted by Crippen LogP contribution is -2.43. The summed E-state index contributed by atoms with van der Waals surface area (Å²) in [5.41, 5.74) is 3.37. The molecule has 2 atom stereocenters. The number of nitrogens with zero attached hydrogens (tertiary/aromatic N) is 4. The Morgan fingerprint density at radius 3 is 2.55 bits per heavy atom. The number of fused-ring (bicyclic) bond motifs is 1. The highest BCUT2D eigenvalue weighted by Crippen LogP contribution is 2.24. The average molecular weight is 272 g/mol.